The molecule has 5 nitrogen and oxygen atoms in total. The number of carbonyl (C=O) groups is 1. The predicted octanol–water partition coefficient (Wildman–Crippen LogP) is 3.92. The highest BCUT2D eigenvalue weighted by Gasteiger charge is 2.17. The molecule has 0 saturated carbocycles. The van der Waals surface area contributed by atoms with Crippen molar-refractivity contribution in [1.82, 2.24) is 5.16 Å². The zero-order chi connectivity index (χ0) is 16.6. The number of nitrogens with zero attached hydrogens (tertiary/aromatic N) is 1. The van der Waals surface area contributed by atoms with E-state index in [0.29, 0.717) is 37.2 Å². The second kappa shape index (κ2) is 8.76. The van der Waals surface area contributed by atoms with E-state index in [9.17, 15) is 4.79 Å². The lowest BCUT2D eigenvalue weighted by atomic mass is 10.1. The highest BCUT2D eigenvalue weighted by Crippen LogP contribution is 2.18. The summed E-state index contributed by atoms with van der Waals surface area (Å²) >= 11 is 0. The van der Waals surface area contributed by atoms with Crippen LogP contribution in [0.1, 0.15) is 53.9 Å². The fraction of sp³-hybridized carbons (Fsp3) is 0.474. The highest BCUT2D eigenvalue weighted by atomic mass is 16.5. The van der Waals surface area contributed by atoms with Gasteiger partial charge in [-0.25, -0.2) is 0 Å². The minimum Gasteiger partial charge on any atom is -0.378 e. The molecule has 1 fully saturated rings. The van der Waals surface area contributed by atoms with Gasteiger partial charge in [-0.3, -0.25) is 4.79 Å². The van der Waals surface area contributed by atoms with Gasteiger partial charge in [0.25, 0.3) is 0 Å². The molecule has 2 aromatic rings. The largest absolute Gasteiger partial charge is 0.378 e. The fourth-order valence-electron chi connectivity index (χ4n) is 2.85. The van der Waals surface area contributed by atoms with Crippen molar-refractivity contribution in [3.8, 4) is 0 Å². The Labute approximate surface area is 141 Å². The number of Topliss-reactive ketones (excluding diaryl/α,β-unsaturated/α-hetero) is 1. The van der Waals surface area contributed by atoms with Crippen molar-refractivity contribution in [2.75, 3.05) is 6.61 Å². The maximum Gasteiger partial charge on any atom is 0.184 e. The zero-order valence-corrected chi connectivity index (χ0v) is 13.8. The van der Waals surface area contributed by atoms with Crippen molar-refractivity contribution < 1.29 is 18.8 Å². The summed E-state index contributed by atoms with van der Waals surface area (Å²) in [5, 5.41) is 3.86. The molecule has 128 valence electrons. The summed E-state index contributed by atoms with van der Waals surface area (Å²) < 4.78 is 16.3. The van der Waals surface area contributed by atoms with E-state index in [1.165, 1.54) is 0 Å². The van der Waals surface area contributed by atoms with Crippen molar-refractivity contribution >= 4 is 5.78 Å². The normalized spacial score (nSPS) is 17.2. The quantitative estimate of drug-likeness (QED) is 0.652. The van der Waals surface area contributed by atoms with Gasteiger partial charge in [0.2, 0.25) is 0 Å². The second-order valence-corrected chi connectivity index (χ2v) is 6.11. The monoisotopic (exact) mass is 329 g/mol. The minimum absolute atomic E-state index is 0.0195. The standard InChI is InChI=1S/C19H23NO4/c21-19(10-4-8-16-9-5-11-23-16)18-12-17(24-20-18)14-22-13-15-6-2-1-3-7-15/h1-3,6-7,12,16H,4-5,8-11,13-14H2. The molecule has 1 aromatic heterocycles. The van der Waals surface area contributed by atoms with Crippen LogP contribution in [0.15, 0.2) is 40.9 Å². The molecule has 1 aliphatic heterocycles. The first kappa shape index (κ1) is 16.9. The molecule has 0 amide bonds. The van der Waals surface area contributed by atoms with Crippen LogP contribution in [0.5, 0.6) is 0 Å². The second-order valence-electron chi connectivity index (χ2n) is 6.11. The lowest BCUT2D eigenvalue weighted by Crippen LogP contribution is -2.06. The van der Waals surface area contributed by atoms with E-state index in [-0.39, 0.29) is 5.78 Å². The average Bonchev–Trinajstić information content (AvgIpc) is 3.28. The lowest BCUT2D eigenvalue weighted by Gasteiger charge is -2.07. The van der Waals surface area contributed by atoms with Gasteiger partial charge in [0.05, 0.1) is 12.7 Å². The molecule has 0 spiro atoms. The Morgan fingerprint density at radius 1 is 1.25 bits per heavy atom. The van der Waals surface area contributed by atoms with Gasteiger partial charge in [-0.2, -0.15) is 0 Å². The third kappa shape index (κ3) is 5.01. The Bertz CT molecular complexity index is 632. The van der Waals surface area contributed by atoms with Crippen molar-refractivity contribution in [3.05, 3.63) is 53.4 Å². The maximum absolute atomic E-state index is 12.1. The SMILES string of the molecule is O=C(CCCC1CCCO1)c1cc(COCc2ccccc2)on1. The first-order chi connectivity index (χ1) is 11.8. The summed E-state index contributed by atoms with van der Waals surface area (Å²) in [6.45, 7) is 1.67. The number of aromatic nitrogens is 1. The van der Waals surface area contributed by atoms with Crippen LogP contribution in [-0.2, 0) is 22.7 Å². The fourth-order valence-corrected chi connectivity index (χ4v) is 2.85. The molecule has 3 rings (SSSR count). The maximum atomic E-state index is 12.1. The number of ketones is 1. The van der Waals surface area contributed by atoms with E-state index in [2.05, 4.69) is 5.16 Å². The van der Waals surface area contributed by atoms with Crippen molar-refractivity contribution in [3.63, 3.8) is 0 Å². The summed E-state index contributed by atoms with van der Waals surface area (Å²) in [7, 11) is 0. The van der Waals surface area contributed by atoms with E-state index in [0.717, 1.165) is 37.9 Å². The molecule has 1 aliphatic rings. The van der Waals surface area contributed by atoms with Crippen LogP contribution >= 0.6 is 0 Å². The van der Waals surface area contributed by atoms with Crippen molar-refractivity contribution in [2.24, 2.45) is 0 Å². The van der Waals surface area contributed by atoms with E-state index >= 15 is 0 Å². The molecular weight excluding hydrogens is 306 g/mol. The number of ether oxygens (including phenoxy) is 2. The number of benzene rings is 1. The van der Waals surface area contributed by atoms with Gasteiger partial charge in [0.1, 0.15) is 12.3 Å². The summed E-state index contributed by atoms with van der Waals surface area (Å²) in [5.41, 5.74) is 1.49. The molecule has 0 aliphatic carbocycles. The molecule has 1 aromatic carbocycles. The smallest absolute Gasteiger partial charge is 0.184 e. The van der Waals surface area contributed by atoms with Crippen molar-refractivity contribution in [2.45, 2.75) is 51.4 Å². The van der Waals surface area contributed by atoms with Gasteiger partial charge >= 0.3 is 0 Å². The predicted molar refractivity (Wildman–Crippen MR) is 88.6 cm³/mol. The first-order valence-corrected chi connectivity index (χ1v) is 8.53. The van der Waals surface area contributed by atoms with E-state index in [1.54, 1.807) is 6.07 Å². The summed E-state index contributed by atoms with van der Waals surface area (Å²) in [6, 6.07) is 11.6. The molecule has 1 atom stereocenters. The van der Waals surface area contributed by atoms with Crippen LogP contribution in [0.3, 0.4) is 0 Å². The van der Waals surface area contributed by atoms with Gasteiger partial charge in [-0.05, 0) is 31.2 Å². The van der Waals surface area contributed by atoms with Crippen LogP contribution < -0.4 is 0 Å². The van der Waals surface area contributed by atoms with E-state index in [1.807, 2.05) is 30.3 Å². The summed E-state index contributed by atoms with van der Waals surface area (Å²) in [5.74, 6) is 0.597. The van der Waals surface area contributed by atoms with Gasteiger partial charge in [0.15, 0.2) is 11.5 Å². The zero-order valence-electron chi connectivity index (χ0n) is 13.8. The van der Waals surface area contributed by atoms with Crippen LogP contribution in [-0.4, -0.2) is 23.7 Å². The van der Waals surface area contributed by atoms with Crippen LogP contribution in [0.25, 0.3) is 0 Å². The molecule has 0 bridgehead atoms. The topological polar surface area (TPSA) is 61.6 Å². The first-order valence-electron chi connectivity index (χ1n) is 8.53. The van der Waals surface area contributed by atoms with Crippen LogP contribution in [0, 0.1) is 0 Å². The Balaban J connectivity index is 1.38. The molecule has 1 unspecified atom stereocenters. The summed E-state index contributed by atoms with van der Waals surface area (Å²) in [6.07, 6.45) is 4.83. The van der Waals surface area contributed by atoms with Crippen molar-refractivity contribution in [1.29, 1.82) is 0 Å². The molecule has 2 heterocycles. The third-order valence-electron chi connectivity index (χ3n) is 4.15. The Morgan fingerprint density at radius 2 is 2.12 bits per heavy atom. The number of hydrogen-bond acceptors (Lipinski definition) is 5. The number of hydrogen-bond donors (Lipinski definition) is 0. The lowest BCUT2D eigenvalue weighted by molar-refractivity contribution is 0.0876. The van der Waals surface area contributed by atoms with Gasteiger partial charge in [-0.15, -0.1) is 0 Å². The van der Waals surface area contributed by atoms with E-state index < -0.39 is 0 Å². The molecule has 0 N–H and O–H groups in total. The molecular formula is C19H23NO4. The third-order valence-corrected chi connectivity index (χ3v) is 4.15. The Morgan fingerprint density at radius 3 is 2.92 bits per heavy atom. The molecule has 5 heteroatoms. The van der Waals surface area contributed by atoms with Gasteiger partial charge < -0.3 is 14.0 Å². The highest BCUT2D eigenvalue weighted by molar-refractivity contribution is 5.94. The minimum atomic E-state index is 0.0195. The number of carbonyl (C=O) groups excluding carboxylic acids is 1. The van der Waals surface area contributed by atoms with Crippen LogP contribution in [0.4, 0.5) is 0 Å². The Kier molecular flexibility index (Phi) is 6.15. The molecule has 0 radical (unpaired) electrons. The Hall–Kier alpha value is -1.98. The molecule has 24 heavy (non-hydrogen) atoms. The van der Waals surface area contributed by atoms with Gasteiger partial charge in [0, 0.05) is 19.1 Å². The van der Waals surface area contributed by atoms with Crippen LogP contribution in [0.2, 0.25) is 0 Å². The summed E-state index contributed by atoms with van der Waals surface area (Å²) in [4.78, 5) is 12.1. The average molecular weight is 329 g/mol. The van der Waals surface area contributed by atoms with E-state index in [4.69, 9.17) is 14.0 Å². The van der Waals surface area contributed by atoms with Gasteiger partial charge in [-0.1, -0.05) is 35.5 Å². The molecule has 1 saturated heterocycles. The number of rotatable bonds is 9.